The third-order valence-corrected chi connectivity index (χ3v) is 6.09. The molecule has 28 heavy (non-hydrogen) atoms. The highest BCUT2D eigenvalue weighted by Crippen LogP contribution is 2.30. The molecular weight excluding hydrogens is 372 g/mol. The van der Waals surface area contributed by atoms with Crippen molar-refractivity contribution >= 4 is 23.8 Å². The highest BCUT2D eigenvalue weighted by atomic mass is 32.2. The van der Waals surface area contributed by atoms with Gasteiger partial charge in [0.15, 0.2) is 0 Å². The first kappa shape index (κ1) is 20.9. The van der Waals surface area contributed by atoms with Crippen LogP contribution in [0.3, 0.4) is 0 Å². The van der Waals surface area contributed by atoms with Crippen LogP contribution < -0.4 is 14.8 Å². The zero-order valence-corrected chi connectivity index (χ0v) is 17.3. The van der Waals surface area contributed by atoms with Gasteiger partial charge in [-0.15, -0.1) is 0 Å². The summed E-state index contributed by atoms with van der Waals surface area (Å²) in [5.41, 5.74) is 1.23. The fourth-order valence-electron chi connectivity index (χ4n) is 3.09. The number of amides is 2. The van der Waals surface area contributed by atoms with E-state index in [1.54, 1.807) is 11.9 Å². The molecule has 1 aromatic rings. The van der Waals surface area contributed by atoms with Crippen LogP contribution in [0.5, 0.6) is 5.75 Å². The molecule has 0 radical (unpaired) electrons. The highest BCUT2D eigenvalue weighted by Gasteiger charge is 2.25. The summed E-state index contributed by atoms with van der Waals surface area (Å²) >= 11 is 1.71. The molecule has 152 valence electrons. The molecule has 5 nitrogen and oxygen atoms in total. The number of imide groups is 1. The number of benzene rings is 1. The van der Waals surface area contributed by atoms with Crippen LogP contribution in [0.25, 0.3) is 0 Å². The van der Waals surface area contributed by atoms with Crippen molar-refractivity contribution in [1.29, 1.82) is 0 Å². The first-order chi connectivity index (χ1) is 13.6. The van der Waals surface area contributed by atoms with E-state index in [0.29, 0.717) is 19.3 Å². The summed E-state index contributed by atoms with van der Waals surface area (Å²) in [5.74, 6) is 2.34. The van der Waals surface area contributed by atoms with Gasteiger partial charge in [-0.1, -0.05) is 36.2 Å². The Balaban J connectivity index is 1.29. The van der Waals surface area contributed by atoms with Gasteiger partial charge >= 0.3 is 0 Å². The van der Waals surface area contributed by atoms with E-state index in [1.807, 2.05) is 6.07 Å². The summed E-state index contributed by atoms with van der Waals surface area (Å²) in [6.07, 6.45) is 9.55. The second kappa shape index (κ2) is 10.7. The first-order valence-electron chi connectivity index (χ1n) is 10.2. The number of ether oxygens (including phenoxy) is 1. The Hall–Kier alpha value is -1.79. The Morgan fingerprint density at radius 1 is 1.29 bits per heavy atom. The maximum absolute atomic E-state index is 11.7. The van der Waals surface area contributed by atoms with Crippen LogP contribution >= 0.6 is 11.9 Å². The Morgan fingerprint density at radius 2 is 2.14 bits per heavy atom. The Bertz CT molecular complexity index is 703. The molecule has 1 saturated carbocycles. The summed E-state index contributed by atoms with van der Waals surface area (Å²) in [5, 5.41) is 2.40. The molecule has 1 aliphatic heterocycles. The maximum Gasteiger partial charge on any atom is 0.229 e. The molecule has 6 heteroatoms. The fourth-order valence-corrected chi connectivity index (χ4v) is 3.85. The van der Waals surface area contributed by atoms with E-state index in [9.17, 15) is 9.59 Å². The number of nitrogens with one attached hydrogen (secondary N) is 2. The predicted molar refractivity (Wildman–Crippen MR) is 113 cm³/mol. The minimum Gasteiger partial charge on any atom is -0.493 e. The summed E-state index contributed by atoms with van der Waals surface area (Å²) in [6, 6.07) is 8.58. The average Bonchev–Trinajstić information content (AvgIpc) is 3.51. The van der Waals surface area contributed by atoms with Gasteiger partial charge in [0.2, 0.25) is 11.8 Å². The molecule has 2 aliphatic rings. The first-order valence-corrected chi connectivity index (χ1v) is 11.2. The molecule has 0 bridgehead atoms. The molecule has 2 unspecified atom stereocenters. The van der Waals surface area contributed by atoms with E-state index in [2.05, 4.69) is 47.3 Å². The lowest BCUT2D eigenvalue weighted by atomic mass is 9.95. The Kier molecular flexibility index (Phi) is 7.98. The SMILES string of the molecule is CC(NSCC/C=C/CC1CCC(=O)NC1=O)c1cccc(OCC2CC2)c1. The topological polar surface area (TPSA) is 67.4 Å². The van der Waals surface area contributed by atoms with E-state index < -0.39 is 0 Å². The van der Waals surface area contributed by atoms with Crippen LogP contribution in [-0.4, -0.2) is 24.2 Å². The van der Waals surface area contributed by atoms with Gasteiger partial charge in [0.1, 0.15) is 5.75 Å². The summed E-state index contributed by atoms with van der Waals surface area (Å²) in [6.45, 7) is 3.00. The van der Waals surface area contributed by atoms with E-state index >= 15 is 0 Å². The lowest BCUT2D eigenvalue weighted by Crippen LogP contribution is -2.40. The van der Waals surface area contributed by atoms with E-state index in [1.165, 1.54) is 18.4 Å². The molecule has 1 aromatic carbocycles. The molecule has 2 amide bonds. The van der Waals surface area contributed by atoms with Gasteiger partial charge in [-0.3, -0.25) is 19.6 Å². The monoisotopic (exact) mass is 402 g/mol. The van der Waals surface area contributed by atoms with E-state index in [0.717, 1.165) is 30.4 Å². The molecule has 2 N–H and O–H groups in total. The van der Waals surface area contributed by atoms with Gasteiger partial charge in [-0.05, 0) is 62.6 Å². The van der Waals surface area contributed by atoms with Gasteiger partial charge < -0.3 is 4.74 Å². The van der Waals surface area contributed by atoms with Gasteiger partial charge in [0.25, 0.3) is 0 Å². The Morgan fingerprint density at radius 3 is 2.93 bits per heavy atom. The van der Waals surface area contributed by atoms with E-state index in [-0.39, 0.29) is 23.8 Å². The zero-order chi connectivity index (χ0) is 19.8. The fraction of sp³-hybridized carbons (Fsp3) is 0.545. The third kappa shape index (κ3) is 6.99. The average molecular weight is 403 g/mol. The van der Waals surface area contributed by atoms with Crippen molar-refractivity contribution in [3.05, 3.63) is 42.0 Å². The predicted octanol–water partition coefficient (Wildman–Crippen LogP) is 4.16. The lowest BCUT2D eigenvalue weighted by Gasteiger charge is -2.19. The van der Waals surface area contributed by atoms with Crippen LogP contribution in [0, 0.1) is 11.8 Å². The number of hydrogen-bond donors (Lipinski definition) is 2. The molecule has 3 rings (SSSR count). The van der Waals surface area contributed by atoms with Crippen molar-refractivity contribution in [3.8, 4) is 5.75 Å². The largest absolute Gasteiger partial charge is 0.493 e. The van der Waals surface area contributed by atoms with Gasteiger partial charge in [-0.2, -0.15) is 0 Å². The summed E-state index contributed by atoms with van der Waals surface area (Å²) < 4.78 is 9.34. The van der Waals surface area contributed by atoms with Gasteiger partial charge in [-0.25, -0.2) is 0 Å². The quantitative estimate of drug-likeness (QED) is 0.252. The molecular formula is C22H30N2O3S. The number of hydrogen-bond acceptors (Lipinski definition) is 5. The molecule has 1 saturated heterocycles. The smallest absolute Gasteiger partial charge is 0.229 e. The summed E-state index contributed by atoms with van der Waals surface area (Å²) in [4.78, 5) is 22.8. The van der Waals surface area contributed by atoms with Crippen molar-refractivity contribution in [2.75, 3.05) is 12.4 Å². The zero-order valence-electron chi connectivity index (χ0n) is 16.5. The standard InChI is InChI=1S/C22H30N2O3S/c1-16(19-7-5-8-20(14-19)27-15-17-9-10-17)24-28-13-4-2-3-6-18-11-12-21(25)23-22(18)26/h2-3,5,7-8,14,16-18,24H,4,6,9-13,15H2,1H3,(H,23,25,26)/b3-2+. The number of carbonyl (C=O) groups is 2. The van der Waals surface area contributed by atoms with Crippen molar-refractivity contribution < 1.29 is 14.3 Å². The van der Waals surface area contributed by atoms with Crippen LogP contribution in [0.1, 0.15) is 57.1 Å². The number of carbonyl (C=O) groups excluding carboxylic acids is 2. The van der Waals surface area contributed by atoms with Crippen LogP contribution in [0.15, 0.2) is 36.4 Å². The van der Waals surface area contributed by atoms with Crippen LogP contribution in [0.2, 0.25) is 0 Å². The van der Waals surface area contributed by atoms with Crippen molar-refractivity contribution in [2.45, 2.75) is 51.5 Å². The lowest BCUT2D eigenvalue weighted by molar-refractivity contribution is -0.136. The second-order valence-electron chi connectivity index (χ2n) is 7.66. The van der Waals surface area contributed by atoms with Gasteiger partial charge in [0.05, 0.1) is 6.61 Å². The van der Waals surface area contributed by atoms with E-state index in [4.69, 9.17) is 4.74 Å². The minimum absolute atomic E-state index is 0.0610. The second-order valence-corrected chi connectivity index (χ2v) is 8.59. The van der Waals surface area contributed by atoms with Crippen molar-refractivity contribution in [1.82, 2.24) is 10.0 Å². The summed E-state index contributed by atoms with van der Waals surface area (Å²) in [7, 11) is 0. The van der Waals surface area contributed by atoms with Crippen molar-refractivity contribution in [3.63, 3.8) is 0 Å². The highest BCUT2D eigenvalue weighted by molar-refractivity contribution is 7.97. The number of rotatable bonds is 11. The number of piperidine rings is 1. The molecule has 0 aromatic heterocycles. The molecule has 0 spiro atoms. The van der Waals surface area contributed by atoms with Crippen molar-refractivity contribution in [2.24, 2.45) is 11.8 Å². The van der Waals surface area contributed by atoms with Crippen LogP contribution in [-0.2, 0) is 9.59 Å². The molecule has 2 atom stereocenters. The minimum atomic E-state index is -0.151. The third-order valence-electron chi connectivity index (χ3n) is 5.13. The number of allylic oxidation sites excluding steroid dienone is 2. The Labute approximate surface area is 171 Å². The molecule has 1 heterocycles. The normalized spacial score (nSPS) is 21.0. The maximum atomic E-state index is 11.7. The van der Waals surface area contributed by atoms with Gasteiger partial charge in [0, 0.05) is 24.1 Å². The van der Waals surface area contributed by atoms with Crippen LogP contribution in [0.4, 0.5) is 0 Å². The molecule has 2 fully saturated rings. The molecule has 1 aliphatic carbocycles.